The fraction of sp³-hybridized carbons (Fsp3) is 0.263. The van der Waals surface area contributed by atoms with Crippen LogP contribution in [0.25, 0.3) is 6.08 Å². The number of ether oxygens (including phenoxy) is 2. The summed E-state index contributed by atoms with van der Waals surface area (Å²) >= 11 is 6.00. The fourth-order valence-corrected chi connectivity index (χ4v) is 2.33. The van der Waals surface area contributed by atoms with Crippen LogP contribution in [0.5, 0.6) is 5.75 Å². The molecule has 136 valence electrons. The van der Waals surface area contributed by atoms with Crippen LogP contribution in [-0.2, 0) is 9.53 Å². The van der Waals surface area contributed by atoms with Crippen LogP contribution in [0, 0.1) is 20.8 Å². The Morgan fingerprint density at radius 3 is 2.50 bits per heavy atom. The van der Waals surface area contributed by atoms with E-state index in [4.69, 9.17) is 21.1 Å². The number of halogens is 1. The Balaban J connectivity index is 2.30. The molecule has 1 aromatic heterocycles. The number of esters is 2. The summed E-state index contributed by atoms with van der Waals surface area (Å²) in [5, 5.41) is 0.440. The third-order valence-electron chi connectivity index (χ3n) is 3.53. The predicted molar refractivity (Wildman–Crippen MR) is 98.3 cm³/mol. The van der Waals surface area contributed by atoms with Crippen LogP contribution in [0.2, 0.25) is 5.02 Å². The first kappa shape index (κ1) is 19.6. The van der Waals surface area contributed by atoms with Gasteiger partial charge in [-0.05, 0) is 52.0 Å². The molecule has 0 aliphatic rings. The second kappa shape index (κ2) is 8.58. The van der Waals surface area contributed by atoms with Gasteiger partial charge in [-0.2, -0.15) is 0 Å². The summed E-state index contributed by atoms with van der Waals surface area (Å²) in [7, 11) is 0. The summed E-state index contributed by atoms with van der Waals surface area (Å²) in [5.74, 6) is -0.883. The molecule has 1 heterocycles. The van der Waals surface area contributed by atoms with E-state index in [-0.39, 0.29) is 18.1 Å². The second-order valence-corrected chi connectivity index (χ2v) is 5.92. The van der Waals surface area contributed by atoms with Crippen molar-refractivity contribution in [3.63, 3.8) is 0 Å². The van der Waals surface area contributed by atoms with Gasteiger partial charge in [0.2, 0.25) is 0 Å². The molecular formula is C19H19ClN2O4. The molecule has 0 unspecified atom stereocenters. The number of nitrogens with zero attached hydrogens (tertiary/aromatic N) is 2. The standard InChI is InChI=1S/C19H19ClN2O4/c1-5-25-17(23)9-6-14-10-15(20)7-8-16(14)26-19(24)18-13(4)21-11(2)12(3)22-18/h6-10H,5H2,1-4H3/b9-6+. The number of rotatable bonds is 5. The molecule has 0 amide bonds. The van der Waals surface area contributed by atoms with Crippen LogP contribution in [0.4, 0.5) is 0 Å². The third-order valence-corrected chi connectivity index (χ3v) is 3.77. The zero-order valence-electron chi connectivity index (χ0n) is 15.0. The monoisotopic (exact) mass is 374 g/mol. The summed E-state index contributed by atoms with van der Waals surface area (Å²) in [6.07, 6.45) is 2.72. The highest BCUT2D eigenvalue weighted by molar-refractivity contribution is 6.30. The lowest BCUT2D eigenvalue weighted by Gasteiger charge is -2.10. The van der Waals surface area contributed by atoms with Crippen LogP contribution >= 0.6 is 11.6 Å². The highest BCUT2D eigenvalue weighted by Crippen LogP contribution is 2.25. The maximum atomic E-state index is 12.5. The van der Waals surface area contributed by atoms with Gasteiger partial charge in [0.15, 0.2) is 5.69 Å². The Morgan fingerprint density at radius 1 is 1.12 bits per heavy atom. The van der Waals surface area contributed by atoms with Crippen molar-refractivity contribution in [1.82, 2.24) is 9.97 Å². The minimum absolute atomic E-state index is 0.142. The van der Waals surface area contributed by atoms with Crippen molar-refractivity contribution in [1.29, 1.82) is 0 Å². The molecule has 7 heteroatoms. The summed E-state index contributed by atoms with van der Waals surface area (Å²) < 4.78 is 10.3. The lowest BCUT2D eigenvalue weighted by molar-refractivity contribution is -0.137. The number of carbonyl (C=O) groups is 2. The number of aromatic nitrogens is 2. The molecule has 0 N–H and O–H groups in total. The van der Waals surface area contributed by atoms with Crippen molar-refractivity contribution < 1.29 is 19.1 Å². The van der Waals surface area contributed by atoms with E-state index in [0.29, 0.717) is 22.0 Å². The number of benzene rings is 1. The normalized spacial score (nSPS) is 10.8. The lowest BCUT2D eigenvalue weighted by atomic mass is 10.2. The molecule has 26 heavy (non-hydrogen) atoms. The first-order valence-corrected chi connectivity index (χ1v) is 8.38. The van der Waals surface area contributed by atoms with Gasteiger partial charge in [0.05, 0.1) is 23.7 Å². The predicted octanol–water partition coefficient (Wildman–Crippen LogP) is 3.85. The van der Waals surface area contributed by atoms with E-state index < -0.39 is 11.9 Å². The number of hydrogen-bond acceptors (Lipinski definition) is 6. The van der Waals surface area contributed by atoms with Gasteiger partial charge in [-0.1, -0.05) is 11.6 Å². The van der Waals surface area contributed by atoms with Crippen molar-refractivity contribution >= 4 is 29.6 Å². The minimum atomic E-state index is -0.633. The quantitative estimate of drug-likeness (QED) is 0.449. The van der Waals surface area contributed by atoms with E-state index in [1.165, 1.54) is 12.2 Å². The summed E-state index contributed by atoms with van der Waals surface area (Å²) in [4.78, 5) is 32.6. The van der Waals surface area contributed by atoms with E-state index in [1.54, 1.807) is 39.0 Å². The molecule has 0 aliphatic heterocycles. The van der Waals surface area contributed by atoms with Crippen molar-refractivity contribution in [2.24, 2.45) is 0 Å². The van der Waals surface area contributed by atoms with E-state index in [9.17, 15) is 9.59 Å². The number of aryl methyl sites for hydroxylation is 3. The molecule has 0 spiro atoms. The Kier molecular flexibility index (Phi) is 6.46. The smallest absolute Gasteiger partial charge is 0.364 e. The van der Waals surface area contributed by atoms with Crippen LogP contribution < -0.4 is 4.74 Å². The average molecular weight is 375 g/mol. The van der Waals surface area contributed by atoms with Crippen LogP contribution in [0.3, 0.4) is 0 Å². The average Bonchev–Trinajstić information content (AvgIpc) is 2.58. The molecule has 2 aromatic rings. The maximum absolute atomic E-state index is 12.5. The maximum Gasteiger partial charge on any atom is 0.364 e. The highest BCUT2D eigenvalue weighted by Gasteiger charge is 2.17. The van der Waals surface area contributed by atoms with Gasteiger partial charge in [0.25, 0.3) is 0 Å². The molecule has 0 radical (unpaired) electrons. The number of hydrogen-bond donors (Lipinski definition) is 0. The van der Waals surface area contributed by atoms with Gasteiger partial charge >= 0.3 is 11.9 Å². The Hall–Kier alpha value is -2.73. The zero-order valence-corrected chi connectivity index (χ0v) is 15.8. The second-order valence-electron chi connectivity index (χ2n) is 5.49. The van der Waals surface area contributed by atoms with Crippen LogP contribution in [0.1, 0.15) is 40.1 Å². The third kappa shape index (κ3) is 4.89. The number of carbonyl (C=O) groups excluding carboxylic acids is 2. The SMILES string of the molecule is CCOC(=O)/C=C/c1cc(Cl)ccc1OC(=O)c1nc(C)c(C)nc1C. The largest absolute Gasteiger partial charge is 0.463 e. The molecule has 6 nitrogen and oxygen atoms in total. The molecule has 0 saturated heterocycles. The first-order chi connectivity index (χ1) is 12.3. The molecule has 0 aliphatic carbocycles. The minimum Gasteiger partial charge on any atom is -0.463 e. The fourth-order valence-electron chi connectivity index (χ4n) is 2.15. The van der Waals surface area contributed by atoms with E-state index >= 15 is 0 Å². The van der Waals surface area contributed by atoms with Gasteiger partial charge in [-0.3, -0.25) is 4.98 Å². The Labute approximate surface area is 156 Å². The summed E-state index contributed by atoms with van der Waals surface area (Å²) in [5.41, 5.74) is 2.50. The molecule has 0 fully saturated rings. The molecule has 2 rings (SSSR count). The van der Waals surface area contributed by atoms with Crippen molar-refractivity contribution in [3.8, 4) is 5.75 Å². The molecule has 0 bridgehead atoms. The summed E-state index contributed by atoms with van der Waals surface area (Å²) in [6, 6.07) is 4.72. The molecule has 1 aromatic carbocycles. The van der Waals surface area contributed by atoms with E-state index in [1.807, 2.05) is 6.92 Å². The van der Waals surface area contributed by atoms with Crippen LogP contribution in [-0.4, -0.2) is 28.5 Å². The van der Waals surface area contributed by atoms with Gasteiger partial charge in [0, 0.05) is 16.7 Å². The highest BCUT2D eigenvalue weighted by atomic mass is 35.5. The van der Waals surface area contributed by atoms with Crippen molar-refractivity contribution in [2.45, 2.75) is 27.7 Å². The van der Waals surface area contributed by atoms with Gasteiger partial charge in [-0.15, -0.1) is 0 Å². The van der Waals surface area contributed by atoms with E-state index in [2.05, 4.69) is 9.97 Å². The lowest BCUT2D eigenvalue weighted by Crippen LogP contribution is -2.15. The van der Waals surface area contributed by atoms with Crippen molar-refractivity contribution in [3.05, 3.63) is 57.6 Å². The molecule has 0 atom stereocenters. The molecule has 0 saturated carbocycles. The van der Waals surface area contributed by atoms with E-state index in [0.717, 1.165) is 5.69 Å². The van der Waals surface area contributed by atoms with Gasteiger partial charge < -0.3 is 9.47 Å². The Morgan fingerprint density at radius 2 is 1.81 bits per heavy atom. The zero-order chi connectivity index (χ0) is 19.3. The summed E-state index contributed by atoms with van der Waals surface area (Å²) in [6.45, 7) is 7.27. The van der Waals surface area contributed by atoms with Crippen molar-refractivity contribution in [2.75, 3.05) is 6.61 Å². The van der Waals surface area contributed by atoms with Crippen LogP contribution in [0.15, 0.2) is 24.3 Å². The first-order valence-electron chi connectivity index (χ1n) is 8.00. The van der Waals surface area contributed by atoms with Gasteiger partial charge in [0.1, 0.15) is 5.75 Å². The topological polar surface area (TPSA) is 78.4 Å². The van der Waals surface area contributed by atoms with Gasteiger partial charge in [-0.25, -0.2) is 14.6 Å². The molecular weight excluding hydrogens is 356 g/mol. The Bertz CT molecular complexity index is 878.